The lowest BCUT2D eigenvalue weighted by Gasteiger charge is -2.38. The first-order valence-corrected chi connectivity index (χ1v) is 10.6. The highest BCUT2D eigenvalue weighted by atomic mass is 31.2. The van der Waals surface area contributed by atoms with E-state index in [4.69, 9.17) is 20.3 Å². The number of hydrogen-bond acceptors (Lipinski definition) is 7. The molecule has 0 saturated carbocycles. The number of aliphatic hydroxyl groups is 2. The third kappa shape index (κ3) is 9.97. The molecule has 0 aliphatic rings. The van der Waals surface area contributed by atoms with Crippen LogP contribution in [0, 0.1) is 0 Å². The maximum atomic E-state index is 12.3. The maximum Gasteiger partial charge on any atom is 0.469 e. The van der Waals surface area contributed by atoms with E-state index in [2.05, 4.69) is 4.52 Å². The van der Waals surface area contributed by atoms with Gasteiger partial charge in [-0.05, 0) is 25.7 Å². The number of phosphoric acid groups is 1. The number of esters is 1. The molecule has 0 aliphatic heterocycles. The summed E-state index contributed by atoms with van der Waals surface area (Å²) < 4.78 is 20.5. The number of nitrogens with two attached hydrogens (primary N) is 1. The summed E-state index contributed by atoms with van der Waals surface area (Å²) in [4.78, 5) is 29.7. The third-order valence-corrected chi connectivity index (χ3v) is 4.70. The molecule has 0 aromatic carbocycles. The van der Waals surface area contributed by atoms with Crippen molar-refractivity contribution in [3.63, 3.8) is 0 Å². The zero-order valence-electron chi connectivity index (χ0n) is 15.7. The number of rotatable bonds is 15. The van der Waals surface area contributed by atoms with Crippen LogP contribution < -0.4 is 5.73 Å². The molecule has 0 fully saturated rings. The Labute approximate surface area is 155 Å². The van der Waals surface area contributed by atoms with Gasteiger partial charge in [0.25, 0.3) is 0 Å². The van der Waals surface area contributed by atoms with E-state index in [9.17, 15) is 19.6 Å². The highest BCUT2D eigenvalue weighted by Crippen LogP contribution is 2.36. The molecule has 0 radical (unpaired) electrons. The Morgan fingerprint density at radius 3 is 2.00 bits per heavy atom. The SMILES string of the molecule is CCCCCC(CCCCC)(OC(=O)[C@@H](N)COP(=O)(O)O)C(O)CO. The fraction of sp³-hybridized carbons (Fsp3) is 0.938. The van der Waals surface area contributed by atoms with Gasteiger partial charge in [-0.25, -0.2) is 4.57 Å². The molecule has 26 heavy (non-hydrogen) atoms. The average Bonchev–Trinajstić information content (AvgIpc) is 2.58. The highest BCUT2D eigenvalue weighted by molar-refractivity contribution is 7.46. The van der Waals surface area contributed by atoms with Gasteiger partial charge in [0, 0.05) is 0 Å². The van der Waals surface area contributed by atoms with Crippen molar-refractivity contribution >= 4 is 13.8 Å². The molecule has 6 N–H and O–H groups in total. The van der Waals surface area contributed by atoms with E-state index < -0.39 is 44.8 Å². The molecular weight excluding hydrogens is 365 g/mol. The van der Waals surface area contributed by atoms with Crippen LogP contribution in [-0.4, -0.2) is 56.9 Å². The van der Waals surface area contributed by atoms with Crippen molar-refractivity contribution < 1.29 is 38.6 Å². The smallest absolute Gasteiger partial charge is 0.455 e. The summed E-state index contributed by atoms with van der Waals surface area (Å²) in [6.07, 6.45) is 4.47. The first-order chi connectivity index (χ1) is 12.1. The number of unbranched alkanes of at least 4 members (excludes halogenated alkanes) is 4. The quantitative estimate of drug-likeness (QED) is 0.155. The number of carbonyl (C=O) groups excluding carboxylic acids is 1. The van der Waals surface area contributed by atoms with Gasteiger partial charge in [0.1, 0.15) is 17.7 Å². The Balaban J connectivity index is 5.18. The van der Waals surface area contributed by atoms with E-state index >= 15 is 0 Å². The van der Waals surface area contributed by atoms with Crippen LogP contribution in [0.4, 0.5) is 0 Å². The molecule has 0 spiro atoms. The predicted octanol–water partition coefficient (Wildman–Crippen LogP) is 1.22. The molecule has 0 aromatic heterocycles. The molecule has 1 unspecified atom stereocenters. The first-order valence-electron chi connectivity index (χ1n) is 9.09. The van der Waals surface area contributed by atoms with Gasteiger partial charge in [0.2, 0.25) is 0 Å². The Bertz CT molecular complexity index is 432. The molecule has 156 valence electrons. The largest absolute Gasteiger partial charge is 0.469 e. The molecular formula is C16H34NO8P. The van der Waals surface area contributed by atoms with Crippen molar-refractivity contribution in [1.82, 2.24) is 0 Å². The van der Waals surface area contributed by atoms with E-state index in [-0.39, 0.29) is 0 Å². The highest BCUT2D eigenvalue weighted by Gasteiger charge is 2.41. The van der Waals surface area contributed by atoms with Crippen LogP contribution in [0.25, 0.3) is 0 Å². The van der Waals surface area contributed by atoms with Gasteiger partial charge in [0.15, 0.2) is 0 Å². The van der Waals surface area contributed by atoms with Gasteiger partial charge in [-0.1, -0.05) is 39.5 Å². The molecule has 0 rings (SSSR count). The topological polar surface area (TPSA) is 160 Å². The van der Waals surface area contributed by atoms with E-state index in [0.29, 0.717) is 25.7 Å². The predicted molar refractivity (Wildman–Crippen MR) is 96.2 cm³/mol. The Morgan fingerprint density at radius 2 is 1.62 bits per heavy atom. The summed E-state index contributed by atoms with van der Waals surface area (Å²) in [5.41, 5.74) is 4.31. The molecule has 0 amide bonds. The van der Waals surface area contributed by atoms with Gasteiger partial charge in [-0.15, -0.1) is 0 Å². The Morgan fingerprint density at radius 1 is 1.12 bits per heavy atom. The number of ether oxygens (including phenoxy) is 1. The minimum atomic E-state index is -4.76. The second-order valence-electron chi connectivity index (χ2n) is 6.49. The van der Waals surface area contributed by atoms with Crippen molar-refractivity contribution in [3.05, 3.63) is 0 Å². The molecule has 0 aliphatic carbocycles. The molecule has 0 heterocycles. The van der Waals surface area contributed by atoms with Crippen molar-refractivity contribution in [1.29, 1.82) is 0 Å². The van der Waals surface area contributed by atoms with E-state index in [1.54, 1.807) is 0 Å². The summed E-state index contributed by atoms with van der Waals surface area (Å²) in [6.45, 7) is 2.75. The second kappa shape index (κ2) is 12.8. The van der Waals surface area contributed by atoms with Gasteiger partial charge >= 0.3 is 13.8 Å². The lowest BCUT2D eigenvalue weighted by Crippen LogP contribution is -2.51. The lowest BCUT2D eigenvalue weighted by molar-refractivity contribution is -0.183. The van der Waals surface area contributed by atoms with Crippen LogP contribution in [0.1, 0.15) is 65.2 Å². The Hall–Kier alpha value is -0.540. The maximum absolute atomic E-state index is 12.3. The molecule has 9 nitrogen and oxygen atoms in total. The number of carbonyl (C=O) groups is 1. The average molecular weight is 399 g/mol. The third-order valence-electron chi connectivity index (χ3n) is 4.22. The van der Waals surface area contributed by atoms with Crippen LogP contribution in [0.5, 0.6) is 0 Å². The van der Waals surface area contributed by atoms with Gasteiger partial charge in [-0.2, -0.15) is 0 Å². The number of hydrogen-bond donors (Lipinski definition) is 5. The molecule has 0 saturated heterocycles. The van der Waals surface area contributed by atoms with Crippen molar-refractivity contribution in [3.8, 4) is 0 Å². The normalized spacial score (nSPS) is 14.9. The zero-order valence-corrected chi connectivity index (χ0v) is 16.6. The van der Waals surface area contributed by atoms with Crippen LogP contribution >= 0.6 is 7.82 Å². The minimum Gasteiger partial charge on any atom is -0.455 e. The van der Waals surface area contributed by atoms with E-state index in [1.807, 2.05) is 13.8 Å². The zero-order chi connectivity index (χ0) is 20.2. The van der Waals surface area contributed by atoms with Crippen LogP contribution in [0.3, 0.4) is 0 Å². The van der Waals surface area contributed by atoms with Crippen LogP contribution in [0.2, 0.25) is 0 Å². The van der Waals surface area contributed by atoms with Gasteiger partial charge < -0.3 is 30.5 Å². The van der Waals surface area contributed by atoms with Crippen molar-refractivity contribution in [2.75, 3.05) is 13.2 Å². The van der Waals surface area contributed by atoms with E-state index in [1.165, 1.54) is 0 Å². The number of phosphoric ester groups is 1. The Kier molecular flexibility index (Phi) is 12.5. The van der Waals surface area contributed by atoms with Crippen LogP contribution in [0.15, 0.2) is 0 Å². The monoisotopic (exact) mass is 399 g/mol. The van der Waals surface area contributed by atoms with Gasteiger partial charge in [0.05, 0.1) is 13.2 Å². The molecule has 0 aromatic rings. The molecule has 2 atom stereocenters. The molecule has 0 bridgehead atoms. The van der Waals surface area contributed by atoms with Crippen molar-refractivity contribution in [2.24, 2.45) is 5.73 Å². The lowest BCUT2D eigenvalue weighted by atomic mass is 9.84. The van der Waals surface area contributed by atoms with E-state index in [0.717, 1.165) is 25.7 Å². The summed E-state index contributed by atoms with van der Waals surface area (Å²) >= 11 is 0. The number of aliphatic hydroxyl groups excluding tert-OH is 2. The summed E-state index contributed by atoms with van der Waals surface area (Å²) in [6, 6.07) is -1.41. The second-order valence-corrected chi connectivity index (χ2v) is 7.73. The minimum absolute atomic E-state index is 0.365. The fourth-order valence-corrected chi connectivity index (χ4v) is 3.02. The standard InChI is InChI=1S/C16H34NO8P/c1-3-5-7-9-16(14(19)11-18,10-8-6-4-2)25-15(20)13(17)12-24-26(21,22)23/h13-14,18-19H,3-12,17H2,1-2H3,(H2,21,22,23)/t13-,14?/m0/s1. The first kappa shape index (κ1) is 25.5. The molecule has 10 heteroatoms. The van der Waals surface area contributed by atoms with Crippen molar-refractivity contribution in [2.45, 2.75) is 83.0 Å². The van der Waals surface area contributed by atoms with Gasteiger partial charge in [-0.3, -0.25) is 9.32 Å². The fourth-order valence-electron chi connectivity index (χ4n) is 2.66. The summed E-state index contributed by atoms with van der Waals surface area (Å²) in [7, 11) is -4.76. The van der Waals surface area contributed by atoms with Crippen LogP contribution in [-0.2, 0) is 18.6 Å². The summed E-state index contributed by atoms with van der Waals surface area (Å²) in [5, 5.41) is 19.8. The summed E-state index contributed by atoms with van der Waals surface area (Å²) in [5.74, 6) is -0.932.